The van der Waals surface area contributed by atoms with Gasteiger partial charge in [0.2, 0.25) is 0 Å². The molecular formula is C10H9FO3. The third-order valence-electron chi connectivity index (χ3n) is 1.53. The number of carbonyl (C=O) groups is 2. The third kappa shape index (κ3) is 2.97. The van der Waals surface area contributed by atoms with Crippen LogP contribution in [0.1, 0.15) is 12.8 Å². The summed E-state index contributed by atoms with van der Waals surface area (Å²) in [6.07, 6.45) is 0.674. The van der Waals surface area contributed by atoms with Crippen LogP contribution in [0.3, 0.4) is 0 Å². The second kappa shape index (κ2) is 5.11. The summed E-state index contributed by atoms with van der Waals surface area (Å²) in [5.74, 6) is -1.31. The van der Waals surface area contributed by atoms with Crippen molar-refractivity contribution in [2.75, 3.05) is 0 Å². The Balaban J connectivity index is 2.56. The van der Waals surface area contributed by atoms with Gasteiger partial charge in [-0.15, -0.1) is 0 Å². The Kier molecular flexibility index (Phi) is 3.79. The Hall–Kier alpha value is -1.71. The van der Waals surface area contributed by atoms with Crippen LogP contribution >= 0.6 is 0 Å². The maximum absolute atomic E-state index is 12.9. The van der Waals surface area contributed by atoms with Crippen LogP contribution in [0, 0.1) is 5.82 Å². The highest BCUT2D eigenvalue weighted by Gasteiger charge is 2.07. The molecule has 0 amide bonds. The van der Waals surface area contributed by atoms with Gasteiger partial charge in [0.1, 0.15) is 6.29 Å². The van der Waals surface area contributed by atoms with Crippen molar-refractivity contribution >= 4 is 12.3 Å². The highest BCUT2D eigenvalue weighted by atomic mass is 19.1. The van der Waals surface area contributed by atoms with Crippen molar-refractivity contribution in [3.05, 3.63) is 30.1 Å². The zero-order valence-electron chi connectivity index (χ0n) is 7.40. The Morgan fingerprint density at radius 2 is 2.14 bits per heavy atom. The second-order valence-electron chi connectivity index (χ2n) is 2.61. The van der Waals surface area contributed by atoms with Crippen LogP contribution in [0.2, 0.25) is 0 Å². The molecule has 0 unspecified atom stereocenters. The third-order valence-corrected chi connectivity index (χ3v) is 1.53. The smallest absolute Gasteiger partial charge is 0.311 e. The maximum atomic E-state index is 12.9. The molecule has 0 bridgehead atoms. The molecular weight excluding hydrogens is 187 g/mol. The summed E-state index contributed by atoms with van der Waals surface area (Å²) in [5.41, 5.74) is 0. The van der Waals surface area contributed by atoms with Gasteiger partial charge in [-0.1, -0.05) is 12.1 Å². The minimum Gasteiger partial charge on any atom is -0.423 e. The number of rotatable bonds is 4. The molecule has 1 aromatic rings. The Labute approximate surface area is 80.5 Å². The fraction of sp³-hybridized carbons (Fsp3) is 0.200. The van der Waals surface area contributed by atoms with E-state index in [1.807, 2.05) is 0 Å². The van der Waals surface area contributed by atoms with Crippen LogP contribution in [-0.4, -0.2) is 12.3 Å². The molecule has 74 valence electrons. The van der Waals surface area contributed by atoms with E-state index in [0.717, 1.165) is 0 Å². The van der Waals surface area contributed by atoms with Crippen molar-refractivity contribution < 1.29 is 18.7 Å². The Morgan fingerprint density at radius 1 is 1.43 bits per heavy atom. The molecule has 0 aliphatic rings. The summed E-state index contributed by atoms with van der Waals surface area (Å²) < 4.78 is 17.6. The summed E-state index contributed by atoms with van der Waals surface area (Å²) in [4.78, 5) is 20.9. The molecule has 0 aliphatic carbocycles. The Bertz CT molecular complexity index is 336. The van der Waals surface area contributed by atoms with E-state index in [9.17, 15) is 14.0 Å². The topological polar surface area (TPSA) is 43.4 Å². The summed E-state index contributed by atoms with van der Waals surface area (Å²) in [7, 11) is 0. The minimum absolute atomic E-state index is 0.0299. The van der Waals surface area contributed by atoms with Gasteiger partial charge in [-0.3, -0.25) is 4.79 Å². The normalized spacial score (nSPS) is 9.50. The molecule has 1 rings (SSSR count). The molecule has 0 radical (unpaired) electrons. The predicted molar refractivity (Wildman–Crippen MR) is 47.3 cm³/mol. The molecule has 0 aromatic heterocycles. The van der Waals surface area contributed by atoms with E-state index in [1.54, 1.807) is 6.07 Å². The average molecular weight is 196 g/mol. The summed E-state index contributed by atoms with van der Waals surface area (Å²) in [6.45, 7) is 0. The van der Waals surface area contributed by atoms with Crippen LogP contribution in [0.4, 0.5) is 4.39 Å². The van der Waals surface area contributed by atoms with Crippen molar-refractivity contribution in [3.8, 4) is 5.75 Å². The van der Waals surface area contributed by atoms with Crippen LogP contribution in [-0.2, 0) is 9.59 Å². The molecule has 0 heterocycles. The van der Waals surface area contributed by atoms with Gasteiger partial charge in [0.15, 0.2) is 11.6 Å². The van der Waals surface area contributed by atoms with E-state index >= 15 is 0 Å². The summed E-state index contributed by atoms with van der Waals surface area (Å²) >= 11 is 0. The standard InChI is InChI=1S/C10H9FO3/c11-8-4-1-2-5-9(8)14-10(13)6-3-7-12/h1-2,4-5,7H,3,6H2. The van der Waals surface area contributed by atoms with Crippen molar-refractivity contribution in [3.63, 3.8) is 0 Å². The summed E-state index contributed by atoms with van der Waals surface area (Å²) in [5, 5.41) is 0. The average Bonchev–Trinajstić information content (AvgIpc) is 2.18. The van der Waals surface area contributed by atoms with Crippen molar-refractivity contribution in [2.45, 2.75) is 12.8 Å². The van der Waals surface area contributed by atoms with Crippen molar-refractivity contribution in [1.82, 2.24) is 0 Å². The molecule has 14 heavy (non-hydrogen) atoms. The lowest BCUT2D eigenvalue weighted by Gasteiger charge is -2.02. The zero-order valence-corrected chi connectivity index (χ0v) is 7.40. The number of hydrogen-bond donors (Lipinski definition) is 0. The number of aldehydes is 1. The monoisotopic (exact) mass is 196 g/mol. The number of para-hydroxylation sites is 1. The number of ether oxygens (including phenoxy) is 1. The van der Waals surface area contributed by atoms with E-state index < -0.39 is 11.8 Å². The molecule has 0 atom stereocenters. The van der Waals surface area contributed by atoms with E-state index in [0.29, 0.717) is 6.29 Å². The van der Waals surface area contributed by atoms with Gasteiger partial charge in [0.05, 0.1) is 6.42 Å². The van der Waals surface area contributed by atoms with Crippen LogP contribution in [0.25, 0.3) is 0 Å². The Morgan fingerprint density at radius 3 is 2.79 bits per heavy atom. The van der Waals surface area contributed by atoms with Gasteiger partial charge in [-0.05, 0) is 12.1 Å². The summed E-state index contributed by atoms with van der Waals surface area (Å²) in [6, 6.07) is 5.61. The van der Waals surface area contributed by atoms with Crippen LogP contribution < -0.4 is 4.74 Å². The van der Waals surface area contributed by atoms with E-state index in [1.165, 1.54) is 18.2 Å². The second-order valence-corrected chi connectivity index (χ2v) is 2.61. The first-order valence-electron chi connectivity index (χ1n) is 4.13. The quantitative estimate of drug-likeness (QED) is 0.418. The first-order chi connectivity index (χ1) is 6.74. The molecule has 0 spiro atoms. The molecule has 0 saturated carbocycles. The van der Waals surface area contributed by atoms with Crippen LogP contribution in [0.15, 0.2) is 24.3 Å². The van der Waals surface area contributed by atoms with Gasteiger partial charge < -0.3 is 9.53 Å². The van der Waals surface area contributed by atoms with Crippen LogP contribution in [0.5, 0.6) is 5.75 Å². The zero-order chi connectivity index (χ0) is 10.4. The first-order valence-corrected chi connectivity index (χ1v) is 4.13. The molecule has 0 saturated heterocycles. The molecule has 1 aromatic carbocycles. The molecule has 3 nitrogen and oxygen atoms in total. The molecule has 4 heteroatoms. The predicted octanol–water partition coefficient (Wildman–Crippen LogP) is 1.71. The number of halogens is 1. The van der Waals surface area contributed by atoms with Crippen molar-refractivity contribution in [2.24, 2.45) is 0 Å². The number of esters is 1. The number of carbonyl (C=O) groups excluding carboxylic acids is 2. The van der Waals surface area contributed by atoms with Gasteiger partial charge >= 0.3 is 5.97 Å². The lowest BCUT2D eigenvalue weighted by molar-refractivity contribution is -0.135. The number of hydrogen-bond acceptors (Lipinski definition) is 3. The maximum Gasteiger partial charge on any atom is 0.311 e. The highest BCUT2D eigenvalue weighted by Crippen LogP contribution is 2.15. The fourth-order valence-electron chi connectivity index (χ4n) is 0.878. The van der Waals surface area contributed by atoms with E-state index in [2.05, 4.69) is 4.74 Å². The van der Waals surface area contributed by atoms with Gasteiger partial charge in [0, 0.05) is 6.42 Å². The lowest BCUT2D eigenvalue weighted by Crippen LogP contribution is -2.08. The highest BCUT2D eigenvalue weighted by molar-refractivity contribution is 5.74. The largest absolute Gasteiger partial charge is 0.423 e. The van der Waals surface area contributed by atoms with E-state index in [4.69, 9.17) is 0 Å². The van der Waals surface area contributed by atoms with Gasteiger partial charge in [-0.25, -0.2) is 4.39 Å². The molecule has 0 aliphatic heterocycles. The van der Waals surface area contributed by atoms with Gasteiger partial charge in [0.25, 0.3) is 0 Å². The minimum atomic E-state index is -0.609. The first kappa shape index (κ1) is 10.4. The molecule has 0 fully saturated rings. The van der Waals surface area contributed by atoms with E-state index in [-0.39, 0.29) is 18.6 Å². The fourth-order valence-corrected chi connectivity index (χ4v) is 0.878. The van der Waals surface area contributed by atoms with Gasteiger partial charge in [-0.2, -0.15) is 0 Å². The molecule has 0 N–H and O–H groups in total. The van der Waals surface area contributed by atoms with Crippen molar-refractivity contribution in [1.29, 1.82) is 0 Å². The SMILES string of the molecule is O=CCCC(=O)Oc1ccccc1F. The lowest BCUT2D eigenvalue weighted by atomic mass is 10.3. The number of benzene rings is 1.